The van der Waals surface area contributed by atoms with Crippen molar-refractivity contribution in [2.75, 3.05) is 0 Å². The van der Waals surface area contributed by atoms with E-state index in [1.165, 1.54) is 12.3 Å². The first-order chi connectivity index (χ1) is 12.4. The van der Waals surface area contributed by atoms with Gasteiger partial charge in [0, 0.05) is 5.56 Å². The predicted molar refractivity (Wildman–Crippen MR) is 96.2 cm³/mol. The molecule has 2 rings (SSSR count). The summed E-state index contributed by atoms with van der Waals surface area (Å²) >= 11 is 0. The van der Waals surface area contributed by atoms with Gasteiger partial charge in [-0.1, -0.05) is 32.9 Å². The minimum absolute atomic E-state index is 0.114. The summed E-state index contributed by atoms with van der Waals surface area (Å²) in [4.78, 5) is 36.5. The summed E-state index contributed by atoms with van der Waals surface area (Å²) in [5.41, 5.74) is 6.27. The first-order valence-electron chi connectivity index (χ1n) is 8.45. The number of hydrogen-bond acceptors (Lipinski definition) is 4. The number of nitrogens with one attached hydrogen (secondary N) is 3. The van der Waals surface area contributed by atoms with Crippen LogP contribution in [0.5, 0.6) is 0 Å². The molecule has 1 heterocycles. The van der Waals surface area contributed by atoms with Crippen molar-refractivity contribution in [1.29, 1.82) is 0 Å². The molecule has 1 aromatic carbocycles. The van der Waals surface area contributed by atoms with Crippen LogP contribution in [-0.4, -0.2) is 23.8 Å². The van der Waals surface area contributed by atoms with Crippen molar-refractivity contribution in [3.8, 4) is 0 Å². The fourth-order valence-electron chi connectivity index (χ4n) is 2.32. The van der Waals surface area contributed by atoms with E-state index in [9.17, 15) is 14.4 Å². The summed E-state index contributed by atoms with van der Waals surface area (Å²) in [6, 6.07) is 9.37. The number of furan rings is 1. The average molecular weight is 357 g/mol. The Morgan fingerprint density at radius 1 is 1.00 bits per heavy atom. The van der Waals surface area contributed by atoms with E-state index < -0.39 is 23.8 Å². The minimum atomic E-state index is -0.824. The van der Waals surface area contributed by atoms with E-state index >= 15 is 0 Å². The van der Waals surface area contributed by atoms with Crippen LogP contribution in [0.3, 0.4) is 0 Å². The van der Waals surface area contributed by atoms with Gasteiger partial charge in [-0.15, -0.1) is 0 Å². The maximum atomic E-state index is 12.4. The van der Waals surface area contributed by atoms with Gasteiger partial charge in [-0.2, -0.15) is 0 Å². The molecular formula is C19H23N3O4. The maximum Gasteiger partial charge on any atom is 0.287 e. The van der Waals surface area contributed by atoms with Crippen molar-refractivity contribution >= 4 is 17.7 Å². The molecule has 0 aliphatic heterocycles. The fourth-order valence-corrected chi connectivity index (χ4v) is 2.32. The topological polar surface area (TPSA) is 100 Å². The highest BCUT2D eigenvalue weighted by Crippen LogP contribution is 2.07. The highest BCUT2D eigenvalue weighted by Gasteiger charge is 2.26. The van der Waals surface area contributed by atoms with Gasteiger partial charge in [0.05, 0.1) is 6.26 Å². The molecule has 1 aromatic heterocycles. The lowest BCUT2D eigenvalue weighted by Gasteiger charge is -2.21. The molecule has 0 fully saturated rings. The van der Waals surface area contributed by atoms with Crippen LogP contribution in [0.15, 0.2) is 47.1 Å². The standard InChI is InChI=1S/C19H23N3O4/c1-4-13-7-9-14(10-8-13)17(23)21-22-19(25)16(12(2)3)20-18(24)15-6-5-11-26-15/h5-12,16H,4H2,1-3H3,(H,20,24)(H,21,23)(H,22,25). The molecule has 0 saturated carbocycles. The van der Waals surface area contributed by atoms with Crippen LogP contribution >= 0.6 is 0 Å². The van der Waals surface area contributed by atoms with Gasteiger partial charge in [-0.3, -0.25) is 25.2 Å². The summed E-state index contributed by atoms with van der Waals surface area (Å²) in [5, 5.41) is 2.60. The van der Waals surface area contributed by atoms with Gasteiger partial charge >= 0.3 is 0 Å². The van der Waals surface area contributed by atoms with Crippen molar-refractivity contribution < 1.29 is 18.8 Å². The van der Waals surface area contributed by atoms with Crippen LogP contribution in [0.25, 0.3) is 0 Å². The zero-order chi connectivity index (χ0) is 19.1. The third-order valence-electron chi connectivity index (χ3n) is 3.90. The summed E-state index contributed by atoms with van der Waals surface area (Å²) in [7, 11) is 0. The Hall–Kier alpha value is -3.09. The van der Waals surface area contributed by atoms with Gasteiger partial charge in [0.2, 0.25) is 0 Å². The minimum Gasteiger partial charge on any atom is -0.459 e. The van der Waals surface area contributed by atoms with Gasteiger partial charge < -0.3 is 9.73 Å². The Labute approximate surface area is 152 Å². The van der Waals surface area contributed by atoms with E-state index in [1.54, 1.807) is 32.0 Å². The molecule has 0 spiro atoms. The molecule has 7 nitrogen and oxygen atoms in total. The van der Waals surface area contributed by atoms with Crippen molar-refractivity contribution in [2.24, 2.45) is 5.92 Å². The summed E-state index contributed by atoms with van der Waals surface area (Å²) in [6.07, 6.45) is 2.26. The van der Waals surface area contributed by atoms with Crippen LogP contribution in [0.2, 0.25) is 0 Å². The molecule has 3 N–H and O–H groups in total. The molecule has 0 aliphatic rings. The SMILES string of the molecule is CCc1ccc(C(=O)NNC(=O)C(NC(=O)c2ccco2)C(C)C)cc1. The lowest BCUT2D eigenvalue weighted by atomic mass is 10.0. The van der Waals surface area contributed by atoms with Crippen LogP contribution in [-0.2, 0) is 11.2 Å². The van der Waals surface area contributed by atoms with E-state index in [-0.39, 0.29) is 11.7 Å². The van der Waals surface area contributed by atoms with Gasteiger partial charge in [0.15, 0.2) is 5.76 Å². The third kappa shape index (κ3) is 4.95. The molecule has 2 aromatic rings. The quantitative estimate of drug-likeness (QED) is 0.689. The Balaban J connectivity index is 1.94. The number of rotatable bonds is 6. The summed E-state index contributed by atoms with van der Waals surface area (Å²) in [5.74, 6) is -1.51. The second-order valence-electron chi connectivity index (χ2n) is 6.17. The fraction of sp³-hybridized carbons (Fsp3) is 0.316. The Morgan fingerprint density at radius 2 is 1.69 bits per heavy atom. The van der Waals surface area contributed by atoms with Crippen LogP contribution in [0.4, 0.5) is 0 Å². The second-order valence-corrected chi connectivity index (χ2v) is 6.17. The van der Waals surface area contributed by atoms with Crippen LogP contribution in [0.1, 0.15) is 47.2 Å². The zero-order valence-electron chi connectivity index (χ0n) is 15.0. The number of hydrazine groups is 1. The Bertz CT molecular complexity index is 752. The highest BCUT2D eigenvalue weighted by molar-refractivity contribution is 5.98. The molecule has 0 saturated heterocycles. The van der Waals surface area contributed by atoms with Gasteiger partial charge in [-0.25, -0.2) is 0 Å². The predicted octanol–water partition coefficient (Wildman–Crippen LogP) is 2.06. The molecule has 7 heteroatoms. The van der Waals surface area contributed by atoms with E-state index in [4.69, 9.17) is 4.42 Å². The van der Waals surface area contributed by atoms with Crippen LogP contribution < -0.4 is 16.2 Å². The van der Waals surface area contributed by atoms with Crippen molar-refractivity contribution in [3.05, 3.63) is 59.5 Å². The second kappa shape index (κ2) is 8.84. The lowest BCUT2D eigenvalue weighted by Crippen LogP contribution is -2.54. The number of carbonyl (C=O) groups excluding carboxylic acids is 3. The molecule has 138 valence electrons. The first kappa shape index (κ1) is 19.2. The van der Waals surface area contributed by atoms with E-state index in [0.29, 0.717) is 5.56 Å². The monoisotopic (exact) mass is 357 g/mol. The maximum absolute atomic E-state index is 12.4. The highest BCUT2D eigenvalue weighted by atomic mass is 16.3. The van der Waals surface area contributed by atoms with Crippen LogP contribution in [0, 0.1) is 5.92 Å². The normalized spacial score (nSPS) is 11.7. The van der Waals surface area contributed by atoms with Crippen molar-refractivity contribution in [3.63, 3.8) is 0 Å². The molecule has 0 aliphatic carbocycles. The van der Waals surface area contributed by atoms with Gasteiger partial charge in [-0.05, 0) is 42.2 Å². The smallest absolute Gasteiger partial charge is 0.287 e. The molecule has 26 heavy (non-hydrogen) atoms. The molecule has 0 bridgehead atoms. The van der Waals surface area contributed by atoms with Gasteiger partial charge in [0.25, 0.3) is 17.7 Å². The third-order valence-corrected chi connectivity index (χ3v) is 3.90. The zero-order valence-corrected chi connectivity index (χ0v) is 15.0. The van der Waals surface area contributed by atoms with Crippen molar-refractivity contribution in [1.82, 2.24) is 16.2 Å². The Kier molecular flexibility index (Phi) is 6.54. The molecule has 3 amide bonds. The largest absolute Gasteiger partial charge is 0.459 e. The van der Waals surface area contributed by atoms with Crippen molar-refractivity contribution in [2.45, 2.75) is 33.2 Å². The number of amides is 3. The molecule has 1 unspecified atom stereocenters. The molecule has 0 radical (unpaired) electrons. The summed E-state index contributed by atoms with van der Waals surface area (Å²) < 4.78 is 5.02. The lowest BCUT2D eigenvalue weighted by molar-refractivity contribution is -0.124. The molecular weight excluding hydrogens is 334 g/mol. The summed E-state index contributed by atoms with van der Waals surface area (Å²) in [6.45, 7) is 5.61. The van der Waals surface area contributed by atoms with E-state index in [2.05, 4.69) is 16.2 Å². The van der Waals surface area contributed by atoms with E-state index in [1.807, 2.05) is 19.1 Å². The number of aryl methyl sites for hydroxylation is 1. The number of hydrogen-bond donors (Lipinski definition) is 3. The number of carbonyl (C=O) groups is 3. The van der Waals surface area contributed by atoms with Gasteiger partial charge in [0.1, 0.15) is 6.04 Å². The number of benzene rings is 1. The first-order valence-corrected chi connectivity index (χ1v) is 8.45. The molecule has 1 atom stereocenters. The Morgan fingerprint density at radius 3 is 2.23 bits per heavy atom. The van der Waals surface area contributed by atoms with E-state index in [0.717, 1.165) is 12.0 Å². The average Bonchev–Trinajstić information content (AvgIpc) is 3.18.